The Labute approximate surface area is 163 Å². The Morgan fingerprint density at radius 3 is 2.35 bits per heavy atom. The van der Waals surface area contributed by atoms with Crippen molar-refractivity contribution in [3.05, 3.63) is 11.6 Å². The highest BCUT2D eigenvalue weighted by atomic mass is 28.4. The van der Waals surface area contributed by atoms with Crippen molar-refractivity contribution in [2.75, 3.05) is 13.7 Å². The average molecular weight is 385 g/mol. The van der Waals surface area contributed by atoms with Crippen LogP contribution in [-0.4, -0.2) is 39.3 Å². The fraction of sp³-hybridized carbons (Fsp3) is 0.909. The summed E-state index contributed by atoms with van der Waals surface area (Å²) in [6.45, 7) is 19.0. The quantitative estimate of drug-likeness (QED) is 0.425. The molecule has 0 spiro atoms. The van der Waals surface area contributed by atoms with Crippen LogP contribution in [0.2, 0.25) is 18.1 Å². The molecule has 0 saturated heterocycles. The second-order valence-corrected chi connectivity index (χ2v) is 14.9. The summed E-state index contributed by atoms with van der Waals surface area (Å²) in [7, 11) is -0.0300. The van der Waals surface area contributed by atoms with E-state index >= 15 is 0 Å². The van der Waals surface area contributed by atoms with Crippen LogP contribution in [0, 0.1) is 17.8 Å². The van der Waals surface area contributed by atoms with Gasteiger partial charge in [0.15, 0.2) is 8.32 Å². The molecule has 0 aromatic rings. The van der Waals surface area contributed by atoms with Crippen molar-refractivity contribution >= 4 is 8.32 Å². The summed E-state index contributed by atoms with van der Waals surface area (Å²) in [5.41, 5.74) is 1.36. The second-order valence-electron chi connectivity index (χ2n) is 10.1. The van der Waals surface area contributed by atoms with Gasteiger partial charge in [0.2, 0.25) is 0 Å². The molecule has 154 valence electrons. The van der Waals surface area contributed by atoms with Crippen molar-refractivity contribution < 1.29 is 14.3 Å². The SMILES string of the molecule is CO[C@H]1[C@H](C(C)=CCCC(C)C)[C@@H](CO[Si](C)(C)C(C)(C)C)CC[C@H]1O. The van der Waals surface area contributed by atoms with Crippen molar-refractivity contribution in [1.82, 2.24) is 0 Å². The third kappa shape index (κ3) is 6.47. The molecule has 1 aliphatic carbocycles. The highest BCUT2D eigenvalue weighted by Gasteiger charge is 2.42. The first-order chi connectivity index (χ1) is 11.9. The van der Waals surface area contributed by atoms with Crippen molar-refractivity contribution in [1.29, 1.82) is 0 Å². The van der Waals surface area contributed by atoms with Gasteiger partial charge in [0.05, 0.1) is 12.2 Å². The molecule has 0 bridgehead atoms. The molecular weight excluding hydrogens is 340 g/mol. The number of methoxy groups -OCH3 is 1. The van der Waals surface area contributed by atoms with Gasteiger partial charge >= 0.3 is 0 Å². The van der Waals surface area contributed by atoms with Gasteiger partial charge in [-0.1, -0.05) is 46.3 Å². The Hall–Kier alpha value is -0.163. The summed E-state index contributed by atoms with van der Waals surface area (Å²) < 4.78 is 12.3. The summed E-state index contributed by atoms with van der Waals surface area (Å²) in [4.78, 5) is 0. The Bertz CT molecular complexity index is 451. The molecule has 0 heterocycles. The monoisotopic (exact) mass is 384 g/mol. The van der Waals surface area contributed by atoms with E-state index in [-0.39, 0.29) is 23.2 Å². The minimum atomic E-state index is -1.77. The molecule has 1 aliphatic rings. The van der Waals surface area contributed by atoms with Gasteiger partial charge in [-0.15, -0.1) is 0 Å². The first kappa shape index (κ1) is 23.9. The minimum Gasteiger partial charge on any atom is -0.417 e. The maximum atomic E-state index is 10.5. The van der Waals surface area contributed by atoms with Crippen LogP contribution in [0.5, 0.6) is 0 Å². The lowest BCUT2D eigenvalue weighted by molar-refractivity contribution is -0.0846. The van der Waals surface area contributed by atoms with Gasteiger partial charge in [-0.2, -0.15) is 0 Å². The highest BCUT2D eigenvalue weighted by Crippen LogP contribution is 2.41. The van der Waals surface area contributed by atoms with E-state index in [1.165, 1.54) is 12.0 Å². The zero-order chi connectivity index (χ0) is 20.1. The summed E-state index contributed by atoms with van der Waals surface area (Å²) in [6, 6.07) is 0. The Balaban J connectivity index is 2.92. The van der Waals surface area contributed by atoms with Crippen LogP contribution in [0.3, 0.4) is 0 Å². The van der Waals surface area contributed by atoms with Crippen LogP contribution in [0.4, 0.5) is 0 Å². The van der Waals surface area contributed by atoms with E-state index in [4.69, 9.17) is 9.16 Å². The van der Waals surface area contributed by atoms with E-state index in [0.29, 0.717) is 11.8 Å². The van der Waals surface area contributed by atoms with E-state index in [2.05, 4.69) is 60.7 Å². The maximum Gasteiger partial charge on any atom is 0.191 e. The molecule has 0 aromatic heterocycles. The van der Waals surface area contributed by atoms with Gasteiger partial charge in [-0.3, -0.25) is 0 Å². The van der Waals surface area contributed by atoms with E-state index < -0.39 is 8.32 Å². The Morgan fingerprint density at radius 1 is 1.23 bits per heavy atom. The lowest BCUT2D eigenvalue weighted by Gasteiger charge is -2.43. The van der Waals surface area contributed by atoms with Gasteiger partial charge < -0.3 is 14.3 Å². The average Bonchev–Trinajstić information content (AvgIpc) is 2.51. The Kier molecular flexibility index (Phi) is 9.05. The molecule has 0 unspecified atom stereocenters. The molecule has 4 atom stereocenters. The second kappa shape index (κ2) is 9.86. The van der Waals surface area contributed by atoms with Gasteiger partial charge in [0.1, 0.15) is 0 Å². The lowest BCUT2D eigenvalue weighted by atomic mass is 9.72. The predicted molar refractivity (Wildman–Crippen MR) is 114 cm³/mol. The fourth-order valence-electron chi connectivity index (χ4n) is 3.67. The zero-order valence-corrected chi connectivity index (χ0v) is 19.8. The molecule has 0 amide bonds. The van der Waals surface area contributed by atoms with Crippen LogP contribution in [0.25, 0.3) is 0 Å². The highest BCUT2D eigenvalue weighted by molar-refractivity contribution is 6.74. The molecule has 3 nitrogen and oxygen atoms in total. The standard InChI is InChI=1S/C22H44O3Si/c1-16(2)11-10-12-17(3)20-18(13-14-19(23)21(20)24-7)15-25-26(8,9)22(4,5)6/h12,16,18-21,23H,10-11,13-15H2,1-9H3/t18-,19-,20-,21-/m1/s1. The number of aliphatic hydroxyl groups is 1. The first-order valence-electron chi connectivity index (χ1n) is 10.4. The number of aliphatic hydroxyl groups excluding tert-OH is 1. The summed E-state index contributed by atoms with van der Waals surface area (Å²) >= 11 is 0. The van der Waals surface area contributed by atoms with E-state index in [9.17, 15) is 5.11 Å². The number of allylic oxidation sites excluding steroid dienone is 1. The molecule has 4 heteroatoms. The molecule has 1 saturated carbocycles. The van der Waals surface area contributed by atoms with Crippen molar-refractivity contribution in [3.63, 3.8) is 0 Å². The van der Waals surface area contributed by atoms with Crippen LogP contribution in [0.1, 0.15) is 67.2 Å². The molecule has 0 radical (unpaired) electrons. The maximum absolute atomic E-state index is 10.5. The third-order valence-electron chi connectivity index (χ3n) is 6.55. The van der Waals surface area contributed by atoms with Crippen molar-refractivity contribution in [3.8, 4) is 0 Å². The largest absolute Gasteiger partial charge is 0.417 e. The number of hydrogen-bond donors (Lipinski definition) is 1. The number of hydrogen-bond acceptors (Lipinski definition) is 3. The molecule has 1 N–H and O–H groups in total. The Morgan fingerprint density at radius 2 is 1.85 bits per heavy atom. The lowest BCUT2D eigenvalue weighted by Crippen LogP contribution is -2.48. The smallest absolute Gasteiger partial charge is 0.191 e. The number of rotatable bonds is 8. The molecular formula is C22H44O3Si. The molecule has 0 aromatic carbocycles. The molecule has 1 rings (SSSR count). The van der Waals surface area contributed by atoms with E-state index in [0.717, 1.165) is 25.9 Å². The van der Waals surface area contributed by atoms with Gasteiger partial charge in [0, 0.05) is 19.6 Å². The van der Waals surface area contributed by atoms with Crippen LogP contribution in [0.15, 0.2) is 11.6 Å². The normalized spacial score (nSPS) is 28.7. The van der Waals surface area contributed by atoms with Crippen LogP contribution < -0.4 is 0 Å². The van der Waals surface area contributed by atoms with E-state index in [1.807, 2.05) is 0 Å². The van der Waals surface area contributed by atoms with Gasteiger partial charge in [0.25, 0.3) is 0 Å². The molecule has 0 aliphatic heterocycles. The number of ether oxygens (including phenoxy) is 1. The zero-order valence-electron chi connectivity index (χ0n) is 18.8. The fourth-order valence-corrected chi connectivity index (χ4v) is 4.73. The van der Waals surface area contributed by atoms with Gasteiger partial charge in [-0.25, -0.2) is 0 Å². The minimum absolute atomic E-state index is 0.118. The van der Waals surface area contributed by atoms with Crippen molar-refractivity contribution in [2.24, 2.45) is 17.8 Å². The van der Waals surface area contributed by atoms with Crippen LogP contribution >= 0.6 is 0 Å². The topological polar surface area (TPSA) is 38.7 Å². The molecule has 26 heavy (non-hydrogen) atoms. The predicted octanol–water partition coefficient (Wildman–Crippen LogP) is 5.79. The van der Waals surface area contributed by atoms with Gasteiger partial charge in [-0.05, 0) is 62.6 Å². The summed E-state index contributed by atoms with van der Waals surface area (Å²) in [5, 5.41) is 10.7. The molecule has 1 fully saturated rings. The van der Waals surface area contributed by atoms with E-state index in [1.54, 1.807) is 7.11 Å². The third-order valence-corrected chi connectivity index (χ3v) is 11.0. The first-order valence-corrected chi connectivity index (χ1v) is 13.3. The summed E-state index contributed by atoms with van der Waals surface area (Å²) in [6.07, 6.45) is 6.00. The summed E-state index contributed by atoms with van der Waals surface area (Å²) in [5.74, 6) is 1.39. The van der Waals surface area contributed by atoms with Crippen molar-refractivity contribution in [2.45, 2.75) is 97.6 Å². The van der Waals surface area contributed by atoms with Crippen LogP contribution in [-0.2, 0) is 9.16 Å².